The predicted octanol–water partition coefficient (Wildman–Crippen LogP) is 1.94. The Bertz CT molecular complexity index is 1130. The summed E-state index contributed by atoms with van der Waals surface area (Å²) in [5.74, 6) is -0.580. The van der Waals surface area contributed by atoms with Crippen LogP contribution in [0.4, 0.5) is 8.78 Å². The molecule has 3 heterocycles. The zero-order valence-electron chi connectivity index (χ0n) is 19.1. The molecule has 2 amide bonds. The van der Waals surface area contributed by atoms with Crippen molar-refractivity contribution in [2.75, 3.05) is 26.2 Å². The lowest BCUT2D eigenvalue weighted by atomic mass is 10.2. The van der Waals surface area contributed by atoms with Gasteiger partial charge in [0.15, 0.2) is 11.5 Å². The topological polar surface area (TPSA) is 114 Å². The summed E-state index contributed by atoms with van der Waals surface area (Å²) >= 11 is 0. The lowest BCUT2D eigenvalue weighted by Crippen LogP contribution is -2.50. The smallest absolute Gasteiger partial charge is 0.472 e. The first kappa shape index (κ1) is 24.3. The van der Waals surface area contributed by atoms with Crippen molar-refractivity contribution in [3.05, 3.63) is 47.9 Å². The van der Waals surface area contributed by atoms with Crippen LogP contribution in [0.3, 0.4) is 0 Å². The summed E-state index contributed by atoms with van der Waals surface area (Å²) in [6, 6.07) is 5.66. The molecule has 1 saturated heterocycles. The van der Waals surface area contributed by atoms with Gasteiger partial charge in [0.05, 0.1) is 6.10 Å². The summed E-state index contributed by atoms with van der Waals surface area (Å²) < 4.78 is 40.6. The van der Waals surface area contributed by atoms with E-state index in [9.17, 15) is 23.5 Å². The van der Waals surface area contributed by atoms with Crippen LogP contribution in [0.5, 0.6) is 17.4 Å². The number of amides is 2. The van der Waals surface area contributed by atoms with Gasteiger partial charge >= 0.3 is 6.29 Å². The van der Waals surface area contributed by atoms with Crippen LogP contribution in [0, 0.1) is 0 Å². The molecule has 1 fully saturated rings. The van der Waals surface area contributed by atoms with E-state index in [1.807, 2.05) is 0 Å². The summed E-state index contributed by atoms with van der Waals surface area (Å²) in [6.45, 7) is 4.52. The van der Waals surface area contributed by atoms with Crippen LogP contribution in [-0.2, 0) is 4.79 Å². The zero-order valence-corrected chi connectivity index (χ0v) is 19.1. The summed E-state index contributed by atoms with van der Waals surface area (Å²) in [5.41, 5.74) is 0.653. The molecule has 186 valence electrons. The molecule has 0 saturated carbocycles. The minimum absolute atomic E-state index is 0.0703. The number of halogens is 2. The maximum Gasteiger partial charge on any atom is 0.586 e. The van der Waals surface area contributed by atoms with Crippen molar-refractivity contribution in [2.45, 2.75) is 32.4 Å². The number of benzene rings is 1. The van der Waals surface area contributed by atoms with Crippen LogP contribution in [0.15, 0.2) is 36.7 Å². The van der Waals surface area contributed by atoms with Crippen molar-refractivity contribution in [1.82, 2.24) is 19.8 Å². The molecule has 1 aromatic carbocycles. The number of aliphatic hydroxyl groups is 1. The number of aromatic nitrogens is 2. The number of ether oxygens (including phenoxy) is 3. The second kappa shape index (κ2) is 9.82. The van der Waals surface area contributed by atoms with Gasteiger partial charge in [0.1, 0.15) is 18.1 Å². The normalized spacial score (nSPS) is 18.4. The molecule has 0 radical (unpaired) electrons. The van der Waals surface area contributed by atoms with Crippen LogP contribution in [0.2, 0.25) is 0 Å². The quantitative estimate of drug-likeness (QED) is 0.612. The highest BCUT2D eigenvalue weighted by molar-refractivity contribution is 5.94. The van der Waals surface area contributed by atoms with E-state index in [1.54, 1.807) is 23.6 Å². The van der Waals surface area contributed by atoms with Crippen molar-refractivity contribution >= 4 is 17.9 Å². The molecule has 35 heavy (non-hydrogen) atoms. The Morgan fingerprint density at radius 3 is 2.49 bits per heavy atom. The van der Waals surface area contributed by atoms with Gasteiger partial charge in [-0.2, -0.15) is 0 Å². The van der Waals surface area contributed by atoms with Crippen molar-refractivity contribution in [2.24, 2.45) is 0 Å². The number of carbonyl (C=O) groups is 2. The minimum Gasteiger partial charge on any atom is -0.472 e. The molecule has 12 heteroatoms. The van der Waals surface area contributed by atoms with E-state index in [0.717, 1.165) is 0 Å². The maximum atomic E-state index is 13.1. The van der Waals surface area contributed by atoms with Gasteiger partial charge < -0.3 is 29.1 Å². The molecule has 4 rings (SSSR count). The van der Waals surface area contributed by atoms with Gasteiger partial charge in [-0.1, -0.05) is 6.07 Å². The van der Waals surface area contributed by atoms with E-state index in [-0.39, 0.29) is 34.9 Å². The summed E-state index contributed by atoms with van der Waals surface area (Å²) in [6.07, 6.45) is -0.859. The molecule has 2 aliphatic heterocycles. The number of rotatable bonds is 6. The summed E-state index contributed by atoms with van der Waals surface area (Å²) in [4.78, 5) is 36.5. The molecular weight excluding hydrogens is 466 g/mol. The molecule has 10 nitrogen and oxygen atoms in total. The Labute approximate surface area is 199 Å². The SMILES string of the molecule is C[C@H](Oc1cc(C(=O)N2CCN(C(=O)/C=C/c3ccc4c(c3)OC(F)(F)O4)CC2)ncn1)[C@@H](C)O. The fourth-order valence-electron chi connectivity index (χ4n) is 3.44. The van der Waals surface area contributed by atoms with E-state index in [4.69, 9.17) is 4.74 Å². The predicted molar refractivity (Wildman–Crippen MR) is 118 cm³/mol. The lowest BCUT2D eigenvalue weighted by molar-refractivity contribution is -0.286. The Morgan fingerprint density at radius 2 is 1.77 bits per heavy atom. The van der Waals surface area contributed by atoms with Crippen molar-refractivity contribution in [1.29, 1.82) is 0 Å². The van der Waals surface area contributed by atoms with Crippen molar-refractivity contribution < 1.29 is 37.7 Å². The molecule has 2 aromatic rings. The Balaban J connectivity index is 1.31. The van der Waals surface area contributed by atoms with E-state index in [2.05, 4.69) is 19.4 Å². The van der Waals surface area contributed by atoms with Gasteiger partial charge in [0.2, 0.25) is 11.8 Å². The molecule has 1 N–H and O–H groups in total. The molecule has 2 atom stereocenters. The van der Waals surface area contributed by atoms with Crippen molar-refractivity contribution in [3.8, 4) is 17.4 Å². The van der Waals surface area contributed by atoms with Gasteiger partial charge in [-0.15, -0.1) is 8.78 Å². The molecular formula is C23H24F2N4O6. The van der Waals surface area contributed by atoms with Gasteiger partial charge in [-0.3, -0.25) is 9.59 Å². The molecule has 1 aromatic heterocycles. The number of fused-ring (bicyclic) bond motifs is 1. The minimum atomic E-state index is -3.70. The molecule has 0 bridgehead atoms. The average Bonchev–Trinajstić information content (AvgIpc) is 3.15. The zero-order chi connectivity index (χ0) is 25.2. The largest absolute Gasteiger partial charge is 0.586 e. The molecule has 0 unspecified atom stereocenters. The van der Waals surface area contributed by atoms with Crippen LogP contribution < -0.4 is 14.2 Å². The number of nitrogens with zero attached hydrogens (tertiary/aromatic N) is 4. The molecule has 0 spiro atoms. The summed E-state index contributed by atoms with van der Waals surface area (Å²) in [5, 5.41) is 9.57. The third kappa shape index (κ3) is 5.83. The Hall–Kier alpha value is -3.80. The van der Waals surface area contributed by atoms with Crippen molar-refractivity contribution in [3.63, 3.8) is 0 Å². The van der Waals surface area contributed by atoms with E-state index >= 15 is 0 Å². The van der Waals surface area contributed by atoms with E-state index in [1.165, 1.54) is 42.7 Å². The van der Waals surface area contributed by atoms with Gasteiger partial charge in [-0.25, -0.2) is 9.97 Å². The Morgan fingerprint density at radius 1 is 1.09 bits per heavy atom. The first-order valence-electron chi connectivity index (χ1n) is 10.9. The maximum absolute atomic E-state index is 13.1. The number of alkyl halides is 2. The van der Waals surface area contributed by atoms with Crippen LogP contribution >= 0.6 is 0 Å². The number of aliphatic hydroxyl groups excluding tert-OH is 1. The van der Waals surface area contributed by atoms with Gasteiger partial charge in [0.25, 0.3) is 5.91 Å². The third-order valence-corrected chi connectivity index (χ3v) is 5.57. The van der Waals surface area contributed by atoms with E-state index in [0.29, 0.717) is 31.7 Å². The number of carbonyl (C=O) groups excluding carboxylic acids is 2. The monoisotopic (exact) mass is 490 g/mol. The van der Waals surface area contributed by atoms with Gasteiger partial charge in [0, 0.05) is 38.3 Å². The second-order valence-corrected chi connectivity index (χ2v) is 8.13. The van der Waals surface area contributed by atoms with Crippen LogP contribution in [-0.4, -0.2) is 81.4 Å². The standard InChI is InChI=1S/C23H24F2N4O6/c1-14(30)15(2)33-20-12-17(26-13-27-20)22(32)29-9-7-28(8-10-29)21(31)6-4-16-3-5-18-19(11-16)35-23(24,25)34-18/h3-6,11-15,30H,7-10H2,1-2H3/b6-4+/t14-,15+/m1/s1. The fraction of sp³-hybridized carbons (Fsp3) is 0.391. The highest BCUT2D eigenvalue weighted by Gasteiger charge is 2.43. The molecule has 2 aliphatic rings. The highest BCUT2D eigenvalue weighted by atomic mass is 19.3. The number of hydrogen-bond donors (Lipinski definition) is 1. The third-order valence-electron chi connectivity index (χ3n) is 5.57. The first-order chi connectivity index (χ1) is 16.6. The summed E-state index contributed by atoms with van der Waals surface area (Å²) in [7, 11) is 0. The fourth-order valence-corrected chi connectivity index (χ4v) is 3.44. The highest BCUT2D eigenvalue weighted by Crippen LogP contribution is 2.41. The lowest BCUT2D eigenvalue weighted by Gasteiger charge is -2.34. The van der Waals surface area contributed by atoms with Crippen LogP contribution in [0.25, 0.3) is 6.08 Å². The van der Waals surface area contributed by atoms with E-state index < -0.39 is 18.5 Å². The first-order valence-corrected chi connectivity index (χ1v) is 10.9. The Kier molecular flexibility index (Phi) is 6.83. The number of piperazine rings is 1. The average molecular weight is 490 g/mol. The number of hydrogen-bond acceptors (Lipinski definition) is 8. The van der Waals surface area contributed by atoms with Gasteiger partial charge in [-0.05, 0) is 37.6 Å². The second-order valence-electron chi connectivity index (χ2n) is 8.13. The van der Waals surface area contributed by atoms with Crippen LogP contribution in [0.1, 0.15) is 29.9 Å². The molecule has 0 aliphatic carbocycles.